The van der Waals surface area contributed by atoms with Crippen molar-refractivity contribution in [3.8, 4) is 0 Å². The van der Waals surface area contributed by atoms with Crippen LogP contribution in [0.15, 0.2) is 0 Å². The summed E-state index contributed by atoms with van der Waals surface area (Å²) in [6.45, 7) is 28.6. The standard InChI is InChI=1S/C18H44O5Si4/c1-14-15(20-24(2,3)4)16(21-25(5,6)7)17(22-26(8,9)10)18(19-14)23-27(11,12)13/h14-18H,1-13H3/t14-,15-,16+,17+,18+/m1/s1. The predicted octanol–water partition coefficient (Wildman–Crippen LogP) is 5.24. The number of hydrogen-bond donors (Lipinski definition) is 0. The van der Waals surface area contributed by atoms with E-state index in [4.69, 9.17) is 22.4 Å². The van der Waals surface area contributed by atoms with Gasteiger partial charge in [0.2, 0.25) is 0 Å². The van der Waals surface area contributed by atoms with E-state index in [-0.39, 0.29) is 24.4 Å². The van der Waals surface area contributed by atoms with Crippen LogP contribution >= 0.6 is 0 Å². The molecule has 9 heteroatoms. The first-order valence-electron chi connectivity index (χ1n) is 10.1. The summed E-state index contributed by atoms with van der Waals surface area (Å²) in [6.07, 6.45) is -1.05. The molecule has 1 aliphatic heterocycles. The van der Waals surface area contributed by atoms with Gasteiger partial charge in [-0.3, -0.25) is 0 Å². The van der Waals surface area contributed by atoms with Crippen molar-refractivity contribution in [3.05, 3.63) is 0 Å². The molecular formula is C18H44O5Si4. The van der Waals surface area contributed by atoms with Crippen molar-refractivity contribution in [1.82, 2.24) is 0 Å². The van der Waals surface area contributed by atoms with Crippen LogP contribution in [0.4, 0.5) is 0 Å². The lowest BCUT2D eigenvalue weighted by atomic mass is 10.0. The Kier molecular flexibility index (Phi) is 8.38. The zero-order chi connectivity index (χ0) is 21.4. The summed E-state index contributed by atoms with van der Waals surface area (Å²) in [5.41, 5.74) is 0. The Hall–Kier alpha value is 0.668. The van der Waals surface area contributed by atoms with E-state index in [1.54, 1.807) is 0 Å². The van der Waals surface area contributed by atoms with Crippen LogP contribution in [0.25, 0.3) is 0 Å². The summed E-state index contributed by atoms with van der Waals surface area (Å²) < 4.78 is 32.7. The molecule has 0 aromatic heterocycles. The Morgan fingerprint density at radius 2 is 0.815 bits per heavy atom. The van der Waals surface area contributed by atoms with Crippen LogP contribution in [-0.4, -0.2) is 64.0 Å². The monoisotopic (exact) mass is 452 g/mol. The third-order valence-electron chi connectivity index (χ3n) is 3.67. The first-order chi connectivity index (χ1) is 11.8. The van der Waals surface area contributed by atoms with Gasteiger partial charge in [-0.25, -0.2) is 0 Å². The summed E-state index contributed by atoms with van der Waals surface area (Å²) in [6, 6.07) is 0. The van der Waals surface area contributed by atoms with Crippen molar-refractivity contribution in [2.24, 2.45) is 0 Å². The molecule has 0 radical (unpaired) electrons. The van der Waals surface area contributed by atoms with Gasteiger partial charge in [0.05, 0.1) is 12.2 Å². The van der Waals surface area contributed by atoms with Gasteiger partial charge in [-0.2, -0.15) is 0 Å². The van der Waals surface area contributed by atoms with Gasteiger partial charge in [0.1, 0.15) is 12.2 Å². The molecule has 0 amide bonds. The second-order valence-corrected chi connectivity index (χ2v) is 29.4. The molecule has 0 aliphatic carbocycles. The molecule has 1 saturated heterocycles. The second kappa shape index (κ2) is 8.81. The van der Waals surface area contributed by atoms with E-state index >= 15 is 0 Å². The molecule has 0 saturated carbocycles. The van der Waals surface area contributed by atoms with Crippen molar-refractivity contribution in [2.75, 3.05) is 0 Å². The minimum Gasteiger partial charge on any atom is -0.409 e. The Morgan fingerprint density at radius 3 is 1.19 bits per heavy atom. The average molecular weight is 453 g/mol. The number of ether oxygens (including phenoxy) is 1. The van der Waals surface area contributed by atoms with E-state index < -0.39 is 39.6 Å². The van der Waals surface area contributed by atoms with E-state index in [0.29, 0.717) is 0 Å². The molecule has 1 fully saturated rings. The Bertz CT molecular complexity index is 476. The molecule has 0 aromatic rings. The van der Waals surface area contributed by atoms with Gasteiger partial charge < -0.3 is 22.4 Å². The van der Waals surface area contributed by atoms with Gasteiger partial charge in [0.15, 0.2) is 39.6 Å². The van der Waals surface area contributed by atoms with Crippen molar-refractivity contribution in [2.45, 2.75) is 116 Å². The normalized spacial score (nSPS) is 31.2. The molecule has 0 bridgehead atoms. The van der Waals surface area contributed by atoms with Gasteiger partial charge in [-0.15, -0.1) is 0 Å². The van der Waals surface area contributed by atoms with Gasteiger partial charge in [0.25, 0.3) is 0 Å². The summed E-state index contributed by atoms with van der Waals surface area (Å²) in [5.74, 6) is 0. The quantitative estimate of drug-likeness (QED) is 0.471. The second-order valence-electron chi connectivity index (χ2n) is 11.5. The fourth-order valence-electron chi connectivity index (χ4n) is 3.06. The first kappa shape index (κ1) is 25.7. The van der Waals surface area contributed by atoms with Crippen LogP contribution < -0.4 is 0 Å². The van der Waals surface area contributed by atoms with Crippen LogP contribution in [0.5, 0.6) is 0 Å². The molecule has 1 heterocycles. The van der Waals surface area contributed by atoms with Gasteiger partial charge in [-0.05, 0) is 85.5 Å². The Morgan fingerprint density at radius 1 is 0.481 bits per heavy atom. The van der Waals surface area contributed by atoms with Crippen molar-refractivity contribution >= 4 is 33.3 Å². The zero-order valence-electron chi connectivity index (χ0n) is 19.9. The number of hydrogen-bond acceptors (Lipinski definition) is 5. The summed E-state index contributed by atoms with van der Waals surface area (Å²) in [7, 11) is -7.26. The topological polar surface area (TPSA) is 46.2 Å². The highest BCUT2D eigenvalue weighted by molar-refractivity contribution is 6.71. The third kappa shape index (κ3) is 9.81. The highest BCUT2D eigenvalue weighted by Gasteiger charge is 2.51. The van der Waals surface area contributed by atoms with E-state index in [9.17, 15) is 0 Å². The van der Waals surface area contributed by atoms with Crippen molar-refractivity contribution in [1.29, 1.82) is 0 Å². The van der Waals surface area contributed by atoms with Gasteiger partial charge in [0, 0.05) is 0 Å². The molecule has 5 atom stereocenters. The largest absolute Gasteiger partial charge is 0.409 e. The van der Waals surface area contributed by atoms with Crippen LogP contribution in [0.3, 0.4) is 0 Å². The summed E-state index contributed by atoms with van der Waals surface area (Å²) in [5, 5.41) is 0. The average Bonchev–Trinajstić information content (AvgIpc) is 2.32. The predicted molar refractivity (Wildman–Crippen MR) is 123 cm³/mol. The highest BCUT2D eigenvalue weighted by Crippen LogP contribution is 2.34. The molecule has 0 unspecified atom stereocenters. The molecule has 0 spiro atoms. The minimum atomic E-state index is -1.84. The van der Waals surface area contributed by atoms with Gasteiger partial charge >= 0.3 is 0 Å². The van der Waals surface area contributed by atoms with Crippen LogP contribution in [0.1, 0.15) is 6.92 Å². The lowest BCUT2D eigenvalue weighted by Crippen LogP contribution is -2.65. The molecule has 0 N–H and O–H groups in total. The summed E-state index contributed by atoms with van der Waals surface area (Å²) in [4.78, 5) is 0. The maximum atomic E-state index is 6.70. The summed E-state index contributed by atoms with van der Waals surface area (Å²) >= 11 is 0. The SMILES string of the molecule is C[C@H]1O[C@@H](O[Si](C)(C)C)[C@@H](O[Si](C)(C)C)[C@@H](O[Si](C)(C)C)[C@@H]1O[Si](C)(C)C. The fraction of sp³-hybridized carbons (Fsp3) is 1.00. The fourth-order valence-corrected chi connectivity index (χ4v) is 7.24. The van der Waals surface area contributed by atoms with Crippen molar-refractivity contribution < 1.29 is 22.4 Å². The maximum Gasteiger partial charge on any atom is 0.187 e. The van der Waals surface area contributed by atoms with E-state index in [1.807, 2.05) is 0 Å². The van der Waals surface area contributed by atoms with E-state index in [2.05, 4.69) is 85.5 Å². The zero-order valence-corrected chi connectivity index (χ0v) is 23.9. The first-order valence-corrected chi connectivity index (χ1v) is 23.8. The van der Waals surface area contributed by atoms with E-state index in [1.165, 1.54) is 0 Å². The van der Waals surface area contributed by atoms with E-state index in [0.717, 1.165) is 0 Å². The van der Waals surface area contributed by atoms with Crippen LogP contribution in [-0.2, 0) is 22.4 Å². The Labute approximate surface area is 172 Å². The van der Waals surface area contributed by atoms with Crippen molar-refractivity contribution in [3.63, 3.8) is 0 Å². The molecule has 27 heavy (non-hydrogen) atoms. The molecule has 0 aromatic carbocycles. The molecule has 162 valence electrons. The Balaban J connectivity index is 3.32. The van der Waals surface area contributed by atoms with Gasteiger partial charge in [-0.1, -0.05) is 0 Å². The minimum absolute atomic E-state index is 0.0964. The molecule has 1 aliphatic rings. The lowest BCUT2D eigenvalue weighted by Gasteiger charge is -2.51. The molecule has 1 rings (SSSR count). The molecular weight excluding hydrogens is 409 g/mol. The third-order valence-corrected chi connectivity index (χ3v) is 7.54. The number of rotatable bonds is 8. The maximum absolute atomic E-state index is 6.70. The lowest BCUT2D eigenvalue weighted by molar-refractivity contribution is -0.259. The molecule has 5 nitrogen and oxygen atoms in total. The van der Waals surface area contributed by atoms with Crippen LogP contribution in [0.2, 0.25) is 78.6 Å². The van der Waals surface area contributed by atoms with Crippen LogP contribution in [0, 0.1) is 0 Å². The highest BCUT2D eigenvalue weighted by atomic mass is 28.4. The smallest absolute Gasteiger partial charge is 0.187 e.